The number of nitrogens with two attached hydrogens (primary N) is 1. The van der Waals surface area contributed by atoms with Gasteiger partial charge in [0.15, 0.2) is 0 Å². The number of amidine groups is 1. The van der Waals surface area contributed by atoms with Crippen molar-refractivity contribution >= 4 is 5.84 Å². The number of benzene rings is 1. The molecule has 3 aromatic heterocycles. The van der Waals surface area contributed by atoms with Gasteiger partial charge < -0.3 is 5.73 Å². The van der Waals surface area contributed by atoms with Crippen molar-refractivity contribution in [1.29, 1.82) is 0 Å². The Morgan fingerprint density at radius 3 is 2.53 bits per heavy atom. The van der Waals surface area contributed by atoms with E-state index in [0.717, 1.165) is 22.3 Å². The zero-order valence-electron chi connectivity index (χ0n) is 17.1. The number of pyridine rings is 2. The van der Waals surface area contributed by atoms with Crippen LogP contribution in [-0.4, -0.2) is 25.8 Å². The quantitative estimate of drug-likeness (QED) is 0.526. The molecule has 0 aliphatic carbocycles. The molecule has 8 heteroatoms. The maximum atomic E-state index is 13.6. The maximum absolute atomic E-state index is 13.6. The second-order valence-electron chi connectivity index (χ2n) is 7.54. The van der Waals surface area contributed by atoms with Crippen molar-refractivity contribution in [3.8, 4) is 11.1 Å². The fourth-order valence-electron chi connectivity index (χ4n) is 4.19. The summed E-state index contributed by atoms with van der Waals surface area (Å²) in [4.78, 5) is 21.4. The summed E-state index contributed by atoms with van der Waals surface area (Å²) >= 11 is 0. The first-order valence-corrected chi connectivity index (χ1v) is 9.93. The minimum absolute atomic E-state index is 0.252. The number of aryl methyl sites for hydroxylation is 1. The van der Waals surface area contributed by atoms with Crippen LogP contribution in [0, 0.1) is 6.92 Å². The average Bonchev–Trinajstić information content (AvgIpc) is 3.13. The monoisotopic (exact) mass is 428 g/mol. The second-order valence-corrected chi connectivity index (χ2v) is 7.54. The van der Waals surface area contributed by atoms with E-state index < -0.39 is 12.0 Å². The fourth-order valence-corrected chi connectivity index (χ4v) is 4.19. The summed E-state index contributed by atoms with van der Waals surface area (Å²) in [5.74, 6) is 0.252. The van der Waals surface area contributed by atoms with Crippen LogP contribution < -0.4 is 5.73 Å². The van der Waals surface area contributed by atoms with Crippen LogP contribution in [0.3, 0.4) is 0 Å². The van der Waals surface area contributed by atoms with E-state index in [2.05, 4.69) is 19.9 Å². The summed E-state index contributed by atoms with van der Waals surface area (Å²) in [5, 5.41) is 0. The van der Waals surface area contributed by atoms with E-state index in [4.69, 9.17) is 10.7 Å². The molecule has 1 aromatic carbocycles. The minimum Gasteiger partial charge on any atom is -0.382 e. The summed E-state index contributed by atoms with van der Waals surface area (Å²) in [6.07, 6.45) is 3.81. The average molecular weight is 428 g/mol. The van der Waals surface area contributed by atoms with Crippen LogP contribution in [0.5, 0.6) is 0 Å². The van der Waals surface area contributed by atoms with Gasteiger partial charge in [0.25, 0.3) is 6.43 Å². The zero-order valence-corrected chi connectivity index (χ0v) is 17.1. The lowest BCUT2D eigenvalue weighted by molar-refractivity contribution is 0.145. The third-order valence-electron chi connectivity index (χ3n) is 5.52. The molecule has 4 heterocycles. The van der Waals surface area contributed by atoms with Crippen molar-refractivity contribution in [1.82, 2.24) is 19.9 Å². The number of aliphatic imine (C=N–C) groups is 1. The topological polar surface area (TPSA) is 89.9 Å². The Kier molecular flexibility index (Phi) is 4.70. The molecule has 6 nitrogen and oxygen atoms in total. The van der Waals surface area contributed by atoms with Crippen molar-refractivity contribution in [3.05, 3.63) is 107 Å². The molecule has 32 heavy (non-hydrogen) atoms. The molecule has 5 rings (SSSR count). The molecule has 0 saturated carbocycles. The molecule has 0 bridgehead atoms. The molecule has 4 aromatic rings. The number of nitrogens with zero attached hydrogens (tertiary/aromatic N) is 5. The van der Waals surface area contributed by atoms with E-state index in [9.17, 15) is 8.78 Å². The largest absolute Gasteiger partial charge is 0.382 e. The van der Waals surface area contributed by atoms with Crippen LogP contribution in [0.4, 0.5) is 8.78 Å². The first kappa shape index (κ1) is 19.9. The van der Waals surface area contributed by atoms with Crippen LogP contribution in [0.15, 0.2) is 78.4 Å². The lowest BCUT2D eigenvalue weighted by Gasteiger charge is -2.30. The van der Waals surface area contributed by atoms with Gasteiger partial charge in [0, 0.05) is 35.4 Å². The number of fused-ring (bicyclic) bond motifs is 1. The van der Waals surface area contributed by atoms with Crippen LogP contribution in [0.1, 0.15) is 40.2 Å². The predicted molar refractivity (Wildman–Crippen MR) is 116 cm³/mol. The molecule has 0 amide bonds. The van der Waals surface area contributed by atoms with Gasteiger partial charge in [-0.05, 0) is 47.9 Å². The van der Waals surface area contributed by atoms with Gasteiger partial charge in [-0.2, -0.15) is 0 Å². The van der Waals surface area contributed by atoms with Crippen molar-refractivity contribution in [2.75, 3.05) is 0 Å². The van der Waals surface area contributed by atoms with E-state index in [0.29, 0.717) is 17.0 Å². The van der Waals surface area contributed by atoms with Gasteiger partial charge in [0.1, 0.15) is 29.1 Å². The zero-order chi connectivity index (χ0) is 22.3. The van der Waals surface area contributed by atoms with Crippen molar-refractivity contribution in [2.45, 2.75) is 18.9 Å². The lowest BCUT2D eigenvalue weighted by Crippen LogP contribution is -2.26. The maximum Gasteiger partial charge on any atom is 0.280 e. The molecule has 1 atom stereocenters. The highest BCUT2D eigenvalue weighted by molar-refractivity contribution is 6.01. The number of alkyl halides is 2. The third-order valence-corrected chi connectivity index (χ3v) is 5.52. The Morgan fingerprint density at radius 2 is 1.75 bits per heavy atom. The van der Waals surface area contributed by atoms with Gasteiger partial charge >= 0.3 is 0 Å². The summed E-state index contributed by atoms with van der Waals surface area (Å²) < 4.78 is 27.3. The Bertz CT molecular complexity index is 1340. The second kappa shape index (κ2) is 7.56. The molecule has 0 fully saturated rings. The Labute approximate surface area is 183 Å². The normalized spacial score (nSPS) is 17.3. The van der Waals surface area contributed by atoms with Gasteiger partial charge in [-0.3, -0.25) is 9.97 Å². The highest BCUT2D eigenvalue weighted by atomic mass is 19.3. The smallest absolute Gasteiger partial charge is 0.280 e. The minimum atomic E-state index is -2.71. The van der Waals surface area contributed by atoms with Crippen LogP contribution >= 0.6 is 0 Å². The molecule has 1 aliphatic rings. The Hall–Kier alpha value is -4.07. The molecular formula is C24H18F2N6. The highest BCUT2D eigenvalue weighted by Crippen LogP contribution is 2.46. The van der Waals surface area contributed by atoms with E-state index in [-0.39, 0.29) is 11.5 Å². The van der Waals surface area contributed by atoms with Gasteiger partial charge in [-0.25, -0.2) is 23.7 Å². The molecule has 158 valence electrons. The first-order chi connectivity index (χ1) is 15.5. The number of halogens is 2. The number of rotatable bonds is 4. The number of hydrogen-bond acceptors (Lipinski definition) is 6. The SMILES string of the molecule is Cc1cc(C2(c3cccc(-c4cncnc4)c3)N=C(N)c3ncccc32)cc(C(F)F)n1. The van der Waals surface area contributed by atoms with Crippen molar-refractivity contribution < 1.29 is 8.78 Å². The standard InChI is InChI=1S/C24H18F2N6/c1-14-8-18(10-20(31-14)22(25)26)24(19-6-3-7-30-21(19)23(27)32-24)17-5-2-4-15(9-17)16-11-28-13-29-12-16/h2-13,22H,1H3,(H2,27,32). The highest BCUT2D eigenvalue weighted by Gasteiger charge is 2.44. The summed E-state index contributed by atoms with van der Waals surface area (Å²) in [5.41, 5.74) is 9.58. The van der Waals surface area contributed by atoms with E-state index in [1.54, 1.807) is 37.6 Å². The molecular weight excluding hydrogens is 410 g/mol. The molecule has 0 radical (unpaired) electrons. The van der Waals surface area contributed by atoms with E-state index in [1.807, 2.05) is 30.3 Å². The number of hydrogen-bond donors (Lipinski definition) is 1. The van der Waals surface area contributed by atoms with Gasteiger partial charge in [0.2, 0.25) is 0 Å². The van der Waals surface area contributed by atoms with Crippen LogP contribution in [-0.2, 0) is 5.54 Å². The summed E-state index contributed by atoms with van der Waals surface area (Å²) in [6, 6.07) is 14.5. The van der Waals surface area contributed by atoms with Gasteiger partial charge in [-0.1, -0.05) is 24.3 Å². The van der Waals surface area contributed by atoms with Crippen molar-refractivity contribution in [2.24, 2.45) is 10.7 Å². The molecule has 1 unspecified atom stereocenters. The van der Waals surface area contributed by atoms with E-state index in [1.165, 1.54) is 12.4 Å². The summed E-state index contributed by atoms with van der Waals surface area (Å²) in [6.45, 7) is 1.69. The fraction of sp³-hybridized carbons (Fsp3) is 0.125. The van der Waals surface area contributed by atoms with E-state index >= 15 is 0 Å². The molecule has 0 spiro atoms. The number of aromatic nitrogens is 4. The van der Waals surface area contributed by atoms with Gasteiger partial charge in [0.05, 0.1) is 0 Å². The predicted octanol–water partition coefficient (Wildman–Crippen LogP) is 4.19. The third kappa shape index (κ3) is 3.11. The molecule has 1 aliphatic heterocycles. The van der Waals surface area contributed by atoms with Crippen LogP contribution in [0.25, 0.3) is 11.1 Å². The molecule has 0 saturated heterocycles. The lowest BCUT2D eigenvalue weighted by atomic mass is 9.77. The first-order valence-electron chi connectivity index (χ1n) is 9.93. The summed E-state index contributed by atoms with van der Waals surface area (Å²) in [7, 11) is 0. The van der Waals surface area contributed by atoms with Crippen molar-refractivity contribution in [3.63, 3.8) is 0 Å². The van der Waals surface area contributed by atoms with Gasteiger partial charge in [-0.15, -0.1) is 0 Å². The van der Waals surface area contributed by atoms with Crippen LogP contribution in [0.2, 0.25) is 0 Å². The Morgan fingerprint density at radius 1 is 0.938 bits per heavy atom. The molecule has 2 N–H and O–H groups in total. The Balaban J connectivity index is 1.82.